The number of phenols is 1. The molecule has 3 aromatic carbocycles. The number of hydrogen-bond acceptors (Lipinski definition) is 3. The Kier molecular flexibility index (Phi) is 4.13. The molecular weight excluding hydrogens is 376 g/mol. The topological polar surface area (TPSA) is 60.9 Å². The van der Waals surface area contributed by atoms with Gasteiger partial charge in [0.25, 0.3) is 5.91 Å². The average Bonchev–Trinajstić information content (AvgIpc) is 3.03. The molecule has 0 aliphatic carbocycles. The van der Waals surface area contributed by atoms with E-state index in [0.29, 0.717) is 19.6 Å². The minimum absolute atomic E-state index is 0.0181. The number of carbonyl (C=O) groups is 2. The summed E-state index contributed by atoms with van der Waals surface area (Å²) in [6.07, 6.45) is 1.31. The molecule has 1 saturated heterocycles. The van der Waals surface area contributed by atoms with E-state index in [1.54, 1.807) is 17.0 Å². The molecule has 150 valence electrons. The zero-order chi connectivity index (χ0) is 21.0. The molecule has 2 amide bonds. The van der Waals surface area contributed by atoms with E-state index in [4.69, 9.17) is 0 Å². The zero-order valence-electron chi connectivity index (χ0n) is 16.8. The summed E-state index contributed by atoms with van der Waals surface area (Å²) in [7, 11) is 0. The summed E-state index contributed by atoms with van der Waals surface area (Å²) < 4.78 is 0. The van der Waals surface area contributed by atoms with Crippen LogP contribution >= 0.6 is 0 Å². The molecule has 5 rings (SSSR count). The van der Waals surface area contributed by atoms with Crippen molar-refractivity contribution in [1.82, 2.24) is 9.80 Å². The first kappa shape index (κ1) is 18.4. The van der Waals surface area contributed by atoms with Crippen molar-refractivity contribution >= 4 is 22.6 Å². The van der Waals surface area contributed by atoms with Gasteiger partial charge in [0, 0.05) is 25.2 Å². The third kappa shape index (κ3) is 2.70. The lowest BCUT2D eigenvalue weighted by molar-refractivity contribution is -0.132. The van der Waals surface area contributed by atoms with E-state index < -0.39 is 0 Å². The lowest BCUT2D eigenvalue weighted by Gasteiger charge is -2.43. The highest BCUT2D eigenvalue weighted by Crippen LogP contribution is 2.39. The summed E-state index contributed by atoms with van der Waals surface area (Å²) >= 11 is 0. The van der Waals surface area contributed by atoms with Gasteiger partial charge in [-0.3, -0.25) is 9.59 Å². The Morgan fingerprint density at radius 1 is 1.13 bits per heavy atom. The van der Waals surface area contributed by atoms with Crippen molar-refractivity contribution in [1.29, 1.82) is 0 Å². The molecule has 2 heterocycles. The first-order valence-corrected chi connectivity index (χ1v) is 10.0. The number of likely N-dealkylation sites (tertiary alicyclic amines) is 1. The van der Waals surface area contributed by atoms with E-state index in [-0.39, 0.29) is 23.6 Å². The van der Waals surface area contributed by atoms with E-state index in [0.717, 1.165) is 38.6 Å². The van der Waals surface area contributed by atoms with E-state index >= 15 is 0 Å². The number of rotatable bonds is 3. The van der Waals surface area contributed by atoms with Crippen molar-refractivity contribution < 1.29 is 14.7 Å². The summed E-state index contributed by atoms with van der Waals surface area (Å²) in [5.74, 6) is 0.132. The van der Waals surface area contributed by atoms with Crippen molar-refractivity contribution in [3.63, 3.8) is 0 Å². The first-order chi connectivity index (χ1) is 14.5. The van der Waals surface area contributed by atoms with Crippen LogP contribution in [0.4, 0.5) is 0 Å². The summed E-state index contributed by atoms with van der Waals surface area (Å²) in [4.78, 5) is 28.6. The molecule has 0 aromatic heterocycles. The highest BCUT2D eigenvalue weighted by atomic mass is 16.3. The van der Waals surface area contributed by atoms with Gasteiger partial charge >= 0.3 is 0 Å². The molecule has 5 heteroatoms. The highest BCUT2D eigenvalue weighted by Gasteiger charge is 2.41. The molecule has 0 bridgehead atoms. The van der Waals surface area contributed by atoms with Gasteiger partial charge in [-0.15, -0.1) is 0 Å². The van der Waals surface area contributed by atoms with Crippen LogP contribution in [0, 0.1) is 6.92 Å². The predicted octanol–water partition coefficient (Wildman–Crippen LogP) is 3.87. The lowest BCUT2D eigenvalue weighted by atomic mass is 9.91. The molecule has 3 aromatic rings. The molecule has 0 radical (unpaired) electrons. The van der Waals surface area contributed by atoms with Crippen molar-refractivity contribution in [2.45, 2.75) is 19.5 Å². The number of aromatic hydroxyl groups is 1. The molecule has 1 N–H and O–H groups in total. The van der Waals surface area contributed by atoms with Gasteiger partial charge in [-0.2, -0.15) is 0 Å². The number of benzene rings is 3. The molecule has 0 spiro atoms. The van der Waals surface area contributed by atoms with Crippen LogP contribution in [0.15, 0.2) is 61.2 Å². The Morgan fingerprint density at radius 3 is 2.67 bits per heavy atom. The number of amides is 2. The Bertz CT molecular complexity index is 1220. The SMILES string of the molecule is C=CC(=O)N1CC(N2Cc3ccc(-c4cc(O)cc5ccccc45)c(C)c3C2=O)C1. The maximum Gasteiger partial charge on any atom is 0.255 e. The predicted molar refractivity (Wildman–Crippen MR) is 116 cm³/mol. The lowest BCUT2D eigenvalue weighted by Crippen LogP contribution is -2.60. The summed E-state index contributed by atoms with van der Waals surface area (Å²) in [6, 6.07) is 15.5. The van der Waals surface area contributed by atoms with Gasteiger partial charge in [-0.25, -0.2) is 0 Å². The van der Waals surface area contributed by atoms with E-state index in [1.807, 2.05) is 48.2 Å². The van der Waals surface area contributed by atoms with Crippen molar-refractivity contribution in [3.8, 4) is 16.9 Å². The molecule has 0 atom stereocenters. The maximum absolute atomic E-state index is 13.3. The molecular formula is C25H22N2O3. The molecule has 2 aliphatic heterocycles. The van der Waals surface area contributed by atoms with Gasteiger partial charge in [0.2, 0.25) is 5.91 Å². The largest absolute Gasteiger partial charge is 0.508 e. The quantitative estimate of drug-likeness (QED) is 0.682. The normalized spacial score (nSPS) is 16.0. The molecule has 2 aliphatic rings. The van der Waals surface area contributed by atoms with Crippen LogP contribution in [0.25, 0.3) is 21.9 Å². The van der Waals surface area contributed by atoms with Crippen LogP contribution < -0.4 is 0 Å². The fourth-order valence-corrected chi connectivity index (χ4v) is 4.66. The average molecular weight is 398 g/mol. The van der Waals surface area contributed by atoms with Crippen molar-refractivity contribution in [2.75, 3.05) is 13.1 Å². The summed E-state index contributed by atoms with van der Waals surface area (Å²) in [6.45, 7) is 7.16. The third-order valence-electron chi connectivity index (χ3n) is 6.29. The Labute approximate surface area is 174 Å². The van der Waals surface area contributed by atoms with E-state index in [2.05, 4.69) is 6.58 Å². The molecule has 0 saturated carbocycles. The number of hydrogen-bond donors (Lipinski definition) is 1. The minimum atomic E-state index is -0.0929. The van der Waals surface area contributed by atoms with Crippen LogP contribution in [0.3, 0.4) is 0 Å². The van der Waals surface area contributed by atoms with Gasteiger partial charge in [0.1, 0.15) is 5.75 Å². The van der Waals surface area contributed by atoms with Gasteiger partial charge in [0.15, 0.2) is 0 Å². The number of fused-ring (bicyclic) bond motifs is 2. The molecule has 0 unspecified atom stereocenters. The monoisotopic (exact) mass is 398 g/mol. The van der Waals surface area contributed by atoms with Crippen LogP contribution in [0.2, 0.25) is 0 Å². The van der Waals surface area contributed by atoms with Crippen LogP contribution in [-0.2, 0) is 11.3 Å². The molecule has 1 fully saturated rings. The summed E-state index contributed by atoms with van der Waals surface area (Å²) in [5, 5.41) is 12.2. The van der Waals surface area contributed by atoms with Crippen LogP contribution in [0.5, 0.6) is 5.75 Å². The Balaban J connectivity index is 1.52. The van der Waals surface area contributed by atoms with Gasteiger partial charge < -0.3 is 14.9 Å². The van der Waals surface area contributed by atoms with Crippen molar-refractivity contribution in [3.05, 3.63) is 77.9 Å². The smallest absolute Gasteiger partial charge is 0.255 e. The van der Waals surface area contributed by atoms with Crippen molar-refractivity contribution in [2.24, 2.45) is 0 Å². The first-order valence-electron chi connectivity index (χ1n) is 10.0. The second kappa shape index (κ2) is 6.73. The minimum Gasteiger partial charge on any atom is -0.508 e. The number of phenolic OH excluding ortho intramolecular Hbond substituents is 1. The molecule has 5 nitrogen and oxygen atoms in total. The number of nitrogens with zero attached hydrogens (tertiary/aromatic N) is 2. The van der Waals surface area contributed by atoms with Gasteiger partial charge in [-0.1, -0.05) is 43.0 Å². The van der Waals surface area contributed by atoms with Crippen LogP contribution in [0.1, 0.15) is 21.5 Å². The van der Waals surface area contributed by atoms with E-state index in [1.165, 1.54) is 6.08 Å². The summed E-state index contributed by atoms with van der Waals surface area (Å²) in [5.41, 5.74) is 4.55. The van der Waals surface area contributed by atoms with E-state index in [9.17, 15) is 14.7 Å². The zero-order valence-corrected chi connectivity index (χ0v) is 16.8. The Hall–Kier alpha value is -3.60. The second-order valence-electron chi connectivity index (χ2n) is 8.02. The van der Waals surface area contributed by atoms with Crippen LogP contribution in [-0.4, -0.2) is 45.9 Å². The fraction of sp³-hybridized carbons (Fsp3) is 0.200. The maximum atomic E-state index is 13.3. The Morgan fingerprint density at radius 2 is 1.90 bits per heavy atom. The van der Waals surface area contributed by atoms with Gasteiger partial charge in [0.05, 0.1) is 6.04 Å². The highest BCUT2D eigenvalue weighted by molar-refractivity contribution is 6.04. The molecule has 30 heavy (non-hydrogen) atoms. The number of carbonyl (C=O) groups excluding carboxylic acids is 2. The van der Waals surface area contributed by atoms with Gasteiger partial charge in [-0.05, 0) is 58.2 Å². The third-order valence-corrected chi connectivity index (χ3v) is 6.29. The second-order valence-corrected chi connectivity index (χ2v) is 8.02. The standard InChI is InChI=1S/C25H22N2O3/c1-3-23(29)26-13-18(14-26)27-12-17-8-9-20(15(2)24(17)25(27)30)22-11-19(28)10-16-6-4-5-7-21(16)22/h3-11,18,28H,1,12-14H2,2H3. The fourth-order valence-electron chi connectivity index (χ4n) is 4.66.